The van der Waals surface area contributed by atoms with Crippen molar-refractivity contribution in [2.75, 3.05) is 11.5 Å². The van der Waals surface area contributed by atoms with E-state index in [2.05, 4.69) is 12.6 Å². The fourth-order valence-electron chi connectivity index (χ4n) is 1.37. The Kier molecular flexibility index (Phi) is 4.33. The molecule has 0 radical (unpaired) electrons. The molecule has 0 aromatic heterocycles. The van der Waals surface area contributed by atoms with Crippen LogP contribution in [0, 0.1) is 5.82 Å². The lowest BCUT2D eigenvalue weighted by Gasteiger charge is -2.19. The van der Waals surface area contributed by atoms with Crippen LogP contribution in [-0.2, 0) is 0 Å². The highest BCUT2D eigenvalue weighted by Crippen LogP contribution is 2.28. The lowest BCUT2D eigenvalue weighted by Crippen LogP contribution is -2.22. The fourth-order valence-corrected chi connectivity index (χ4v) is 1.57. The maximum atomic E-state index is 13.2. The van der Waals surface area contributed by atoms with Gasteiger partial charge in [-0.15, -0.1) is 0 Å². The molecule has 7 heteroatoms. The summed E-state index contributed by atoms with van der Waals surface area (Å²) in [5.74, 6) is -2.33. The van der Waals surface area contributed by atoms with Crippen molar-refractivity contribution < 1.29 is 24.5 Å². The van der Waals surface area contributed by atoms with Crippen molar-refractivity contribution >= 4 is 24.3 Å². The highest BCUT2D eigenvalue weighted by atomic mass is 32.1. The number of aliphatic hydroxyl groups excluding tert-OH is 2. The number of thiol groups is 1. The number of carboxylic acids is 1. The molecule has 1 aromatic rings. The molecule has 0 fully saturated rings. The number of hydrogen-bond acceptors (Lipinski definition) is 5. The highest BCUT2D eigenvalue weighted by Gasteiger charge is 2.23. The van der Waals surface area contributed by atoms with Crippen LogP contribution in [0.25, 0.3) is 0 Å². The van der Waals surface area contributed by atoms with Crippen molar-refractivity contribution in [3.8, 4) is 0 Å². The van der Waals surface area contributed by atoms with Crippen molar-refractivity contribution in [3.05, 3.63) is 29.1 Å². The van der Waals surface area contributed by atoms with Crippen LogP contribution in [0.15, 0.2) is 12.1 Å². The number of nitrogens with two attached hydrogens (primary N) is 1. The minimum Gasteiger partial charge on any atom is -0.478 e. The summed E-state index contributed by atoms with van der Waals surface area (Å²) >= 11 is 3.77. The summed E-state index contributed by atoms with van der Waals surface area (Å²) in [6.45, 7) is 0. The molecule has 0 aliphatic heterocycles. The Bertz CT molecular complexity index is 441. The molecule has 0 saturated carbocycles. The zero-order valence-corrected chi connectivity index (χ0v) is 9.56. The predicted octanol–water partition coefficient (Wildman–Crippen LogP) is 0.430. The molecule has 0 aliphatic carbocycles. The Balaban J connectivity index is 3.29. The summed E-state index contributed by atoms with van der Waals surface area (Å²) in [4.78, 5) is 10.8. The SMILES string of the molecule is Nc1c(C(=O)O)cc(F)cc1C(O)C(O)CS. The van der Waals surface area contributed by atoms with E-state index in [4.69, 9.17) is 10.8 Å². The van der Waals surface area contributed by atoms with Crippen LogP contribution in [0.2, 0.25) is 0 Å². The van der Waals surface area contributed by atoms with Gasteiger partial charge in [-0.3, -0.25) is 0 Å². The molecule has 0 aliphatic rings. The van der Waals surface area contributed by atoms with Crippen molar-refractivity contribution in [1.82, 2.24) is 0 Å². The molecule has 0 bridgehead atoms. The lowest BCUT2D eigenvalue weighted by molar-refractivity contribution is 0.0339. The Morgan fingerprint density at radius 2 is 2.06 bits per heavy atom. The number of carbonyl (C=O) groups is 1. The smallest absolute Gasteiger partial charge is 0.337 e. The monoisotopic (exact) mass is 261 g/mol. The maximum absolute atomic E-state index is 13.2. The number of aromatic carboxylic acids is 1. The van der Waals surface area contributed by atoms with E-state index in [-0.39, 0.29) is 17.0 Å². The van der Waals surface area contributed by atoms with Gasteiger partial charge in [0.25, 0.3) is 0 Å². The van der Waals surface area contributed by atoms with Gasteiger partial charge in [0.2, 0.25) is 0 Å². The third-order valence-electron chi connectivity index (χ3n) is 2.28. The van der Waals surface area contributed by atoms with E-state index in [9.17, 15) is 19.4 Å². The van der Waals surface area contributed by atoms with Gasteiger partial charge in [-0.05, 0) is 12.1 Å². The number of carboxylic acid groups (broad SMARTS) is 1. The minimum atomic E-state index is -1.48. The van der Waals surface area contributed by atoms with Gasteiger partial charge >= 0.3 is 5.97 Å². The molecule has 0 saturated heterocycles. The average Bonchev–Trinajstić information content (AvgIpc) is 2.29. The quantitative estimate of drug-likeness (QED) is 0.399. The zero-order valence-electron chi connectivity index (χ0n) is 8.67. The Morgan fingerprint density at radius 1 is 1.47 bits per heavy atom. The van der Waals surface area contributed by atoms with Gasteiger partial charge in [0, 0.05) is 11.3 Å². The number of anilines is 1. The molecule has 1 aromatic carbocycles. The van der Waals surface area contributed by atoms with E-state index in [0.29, 0.717) is 0 Å². The van der Waals surface area contributed by atoms with Gasteiger partial charge in [-0.1, -0.05) is 0 Å². The van der Waals surface area contributed by atoms with Gasteiger partial charge in [0.05, 0.1) is 17.4 Å². The number of halogens is 1. The molecule has 0 heterocycles. The topological polar surface area (TPSA) is 104 Å². The molecule has 0 amide bonds. The van der Waals surface area contributed by atoms with Crippen LogP contribution in [0.5, 0.6) is 0 Å². The number of hydrogen-bond donors (Lipinski definition) is 5. The molecular weight excluding hydrogens is 249 g/mol. The summed E-state index contributed by atoms with van der Waals surface area (Å²) < 4.78 is 13.2. The Hall–Kier alpha value is -1.31. The van der Waals surface area contributed by atoms with E-state index in [1.807, 2.05) is 0 Å². The van der Waals surface area contributed by atoms with Crippen LogP contribution in [0.1, 0.15) is 22.0 Å². The summed E-state index contributed by atoms with van der Waals surface area (Å²) in [7, 11) is 0. The van der Waals surface area contributed by atoms with E-state index in [0.717, 1.165) is 12.1 Å². The second-order valence-electron chi connectivity index (χ2n) is 3.46. The number of nitrogen functional groups attached to an aromatic ring is 1. The third-order valence-corrected chi connectivity index (χ3v) is 2.65. The second-order valence-corrected chi connectivity index (χ2v) is 3.82. The van der Waals surface area contributed by atoms with Crippen LogP contribution in [0.4, 0.5) is 10.1 Å². The number of aliphatic hydroxyl groups is 2. The maximum Gasteiger partial charge on any atom is 0.337 e. The molecule has 2 atom stereocenters. The van der Waals surface area contributed by atoms with Crippen LogP contribution < -0.4 is 5.73 Å². The Morgan fingerprint density at radius 3 is 2.53 bits per heavy atom. The van der Waals surface area contributed by atoms with Crippen LogP contribution >= 0.6 is 12.6 Å². The average molecular weight is 261 g/mol. The second kappa shape index (κ2) is 5.35. The van der Waals surface area contributed by atoms with Crippen molar-refractivity contribution in [3.63, 3.8) is 0 Å². The summed E-state index contributed by atoms with van der Waals surface area (Å²) in [5, 5.41) is 27.8. The summed E-state index contributed by atoms with van der Waals surface area (Å²) in [6, 6.07) is 1.64. The predicted molar refractivity (Wildman–Crippen MR) is 62.6 cm³/mol. The summed E-state index contributed by atoms with van der Waals surface area (Å²) in [6.07, 6.45) is -2.75. The molecule has 2 unspecified atom stereocenters. The first-order chi connectivity index (χ1) is 7.88. The van der Waals surface area contributed by atoms with Gasteiger partial charge in [0.1, 0.15) is 11.9 Å². The van der Waals surface area contributed by atoms with Gasteiger partial charge < -0.3 is 21.1 Å². The highest BCUT2D eigenvalue weighted by molar-refractivity contribution is 7.80. The van der Waals surface area contributed by atoms with Crippen molar-refractivity contribution in [2.24, 2.45) is 0 Å². The third kappa shape index (κ3) is 2.87. The largest absolute Gasteiger partial charge is 0.478 e. The fraction of sp³-hybridized carbons (Fsp3) is 0.300. The van der Waals surface area contributed by atoms with Crippen molar-refractivity contribution in [2.45, 2.75) is 12.2 Å². The molecule has 0 spiro atoms. The van der Waals surface area contributed by atoms with Crippen LogP contribution in [-0.4, -0.2) is 33.1 Å². The van der Waals surface area contributed by atoms with Crippen LogP contribution in [0.3, 0.4) is 0 Å². The Labute approximate surface area is 102 Å². The van der Waals surface area contributed by atoms with Gasteiger partial charge in [0.15, 0.2) is 0 Å². The molecule has 5 N–H and O–H groups in total. The van der Waals surface area contributed by atoms with Gasteiger partial charge in [-0.2, -0.15) is 12.6 Å². The molecular formula is C10H12FNO4S. The number of rotatable bonds is 4. The minimum absolute atomic E-state index is 0.0699. The molecule has 5 nitrogen and oxygen atoms in total. The standard InChI is InChI=1S/C10H12FNO4S/c11-4-1-5(9(14)7(13)3-17)8(12)6(2-4)10(15)16/h1-2,7,9,13-14,17H,3,12H2,(H,15,16). The van der Waals surface area contributed by atoms with Crippen molar-refractivity contribution in [1.29, 1.82) is 0 Å². The van der Waals surface area contributed by atoms with E-state index in [1.165, 1.54) is 0 Å². The summed E-state index contributed by atoms with van der Waals surface area (Å²) in [5.41, 5.74) is 4.62. The van der Waals surface area contributed by atoms with E-state index < -0.39 is 29.6 Å². The van der Waals surface area contributed by atoms with E-state index in [1.54, 1.807) is 0 Å². The molecule has 1 rings (SSSR count). The van der Waals surface area contributed by atoms with Gasteiger partial charge in [-0.25, -0.2) is 9.18 Å². The molecule has 17 heavy (non-hydrogen) atoms. The van der Waals surface area contributed by atoms with E-state index >= 15 is 0 Å². The molecule has 94 valence electrons. The first kappa shape index (κ1) is 13.8. The lowest BCUT2D eigenvalue weighted by atomic mass is 9.99. The first-order valence-corrected chi connectivity index (χ1v) is 5.31. The zero-order chi connectivity index (χ0) is 13.2. The normalized spacial score (nSPS) is 14.4. The number of benzene rings is 1. The first-order valence-electron chi connectivity index (χ1n) is 4.67.